The summed E-state index contributed by atoms with van der Waals surface area (Å²) in [6.07, 6.45) is 3.54. The fourth-order valence-corrected chi connectivity index (χ4v) is 4.20. The van der Waals surface area contributed by atoms with E-state index in [2.05, 4.69) is 45.3 Å². The number of anilines is 1. The van der Waals surface area contributed by atoms with Crippen LogP contribution in [0.3, 0.4) is 0 Å². The molecule has 0 heterocycles. The van der Waals surface area contributed by atoms with Crippen LogP contribution in [0.4, 0.5) is 10.5 Å². The van der Waals surface area contributed by atoms with Crippen molar-refractivity contribution < 1.29 is 19.1 Å². The number of hydrogen-bond acceptors (Lipinski definition) is 4. The maximum absolute atomic E-state index is 12.4. The minimum atomic E-state index is -0.370. The van der Waals surface area contributed by atoms with Gasteiger partial charge in [-0.1, -0.05) is 58.9 Å². The van der Waals surface area contributed by atoms with Gasteiger partial charge in [0, 0.05) is 24.1 Å². The predicted octanol–water partition coefficient (Wildman–Crippen LogP) is 6.80. The van der Waals surface area contributed by atoms with Crippen LogP contribution in [0, 0.1) is 10.8 Å². The number of benzene rings is 2. The van der Waals surface area contributed by atoms with Crippen molar-refractivity contribution in [3.8, 4) is 16.9 Å². The van der Waals surface area contributed by atoms with Crippen LogP contribution >= 0.6 is 0 Å². The first-order chi connectivity index (χ1) is 16.4. The molecule has 2 aromatic carbocycles. The molecule has 2 aromatic rings. The van der Waals surface area contributed by atoms with Crippen LogP contribution in [-0.2, 0) is 9.53 Å². The summed E-state index contributed by atoms with van der Waals surface area (Å²) >= 11 is 0. The lowest BCUT2D eigenvalue weighted by Gasteiger charge is -2.34. The molecule has 6 nitrogen and oxygen atoms in total. The van der Waals surface area contributed by atoms with Crippen LogP contribution in [-0.4, -0.2) is 30.8 Å². The highest BCUT2D eigenvalue weighted by Crippen LogP contribution is 2.35. The first-order valence-corrected chi connectivity index (χ1v) is 12.5. The smallest absolute Gasteiger partial charge is 0.407 e. The second kappa shape index (κ2) is 11.1. The maximum Gasteiger partial charge on any atom is 0.407 e. The van der Waals surface area contributed by atoms with E-state index in [4.69, 9.17) is 9.47 Å². The van der Waals surface area contributed by atoms with E-state index in [9.17, 15) is 9.59 Å². The van der Waals surface area contributed by atoms with Gasteiger partial charge >= 0.3 is 6.09 Å². The van der Waals surface area contributed by atoms with Gasteiger partial charge < -0.3 is 20.1 Å². The molecule has 3 rings (SSSR count). The molecule has 190 valence electrons. The first kappa shape index (κ1) is 26.6. The highest BCUT2D eigenvalue weighted by atomic mass is 16.6. The molecule has 35 heavy (non-hydrogen) atoms. The van der Waals surface area contributed by atoms with Gasteiger partial charge in [-0.2, -0.15) is 0 Å². The molecule has 2 amide bonds. The molecule has 0 spiro atoms. The van der Waals surface area contributed by atoms with Gasteiger partial charge in [0.15, 0.2) is 0 Å². The fourth-order valence-electron chi connectivity index (χ4n) is 4.20. The van der Waals surface area contributed by atoms with Crippen LogP contribution in [0.1, 0.15) is 67.2 Å². The van der Waals surface area contributed by atoms with Gasteiger partial charge in [-0.25, -0.2) is 4.79 Å². The van der Waals surface area contributed by atoms with Crippen LogP contribution in [0.5, 0.6) is 5.75 Å². The third-order valence-electron chi connectivity index (χ3n) is 6.66. The van der Waals surface area contributed by atoms with Gasteiger partial charge in [0.25, 0.3) is 0 Å². The molecule has 0 aromatic heterocycles. The largest absolute Gasteiger partial charge is 0.486 e. The molecule has 6 heteroatoms. The monoisotopic (exact) mass is 480 g/mol. The molecular formula is C29H40N2O4. The highest BCUT2D eigenvalue weighted by Gasteiger charge is 2.30. The number of carbonyl (C=O) groups excluding carboxylic acids is 2. The minimum Gasteiger partial charge on any atom is -0.486 e. The summed E-state index contributed by atoms with van der Waals surface area (Å²) in [6, 6.07) is 15.8. The van der Waals surface area contributed by atoms with Gasteiger partial charge in [0.05, 0.1) is 0 Å². The summed E-state index contributed by atoms with van der Waals surface area (Å²) in [6.45, 7) is 12.5. The minimum absolute atomic E-state index is 0.0906. The zero-order valence-electron chi connectivity index (χ0n) is 21.9. The molecule has 1 saturated carbocycles. The normalized spacial score (nSPS) is 16.7. The number of hydrogen-bond donors (Lipinski definition) is 2. The lowest BCUT2D eigenvalue weighted by atomic mass is 9.76. The van der Waals surface area contributed by atoms with Gasteiger partial charge in [-0.15, -0.1) is 0 Å². The lowest BCUT2D eigenvalue weighted by molar-refractivity contribution is -0.114. The van der Waals surface area contributed by atoms with Gasteiger partial charge in [0.1, 0.15) is 18.5 Å². The Labute approximate surface area is 209 Å². The van der Waals surface area contributed by atoms with Crippen LogP contribution in [0.2, 0.25) is 0 Å². The Morgan fingerprint density at radius 2 is 1.51 bits per heavy atom. The molecule has 0 aliphatic heterocycles. The number of carbonyl (C=O) groups is 2. The summed E-state index contributed by atoms with van der Waals surface area (Å²) in [5.41, 5.74) is 3.01. The standard InChI is InChI=1S/C29H40N2O4/c1-20(32)30-23-11-7-21(8-12-23)22-9-13-25(14-10-22)35-26(28(2,3)4)19-34-27(33)31-24-15-17-29(5,6)18-16-24/h7-14,24,26H,15-19H2,1-6H3,(H,30,32)(H,31,33). The number of rotatable bonds is 7. The van der Waals surface area contributed by atoms with E-state index in [0.29, 0.717) is 5.41 Å². The summed E-state index contributed by atoms with van der Waals surface area (Å²) in [7, 11) is 0. The van der Waals surface area contributed by atoms with Crippen molar-refractivity contribution in [2.45, 2.75) is 79.4 Å². The zero-order valence-corrected chi connectivity index (χ0v) is 21.9. The van der Waals surface area contributed by atoms with E-state index in [1.54, 1.807) is 0 Å². The van der Waals surface area contributed by atoms with E-state index in [1.807, 2.05) is 48.5 Å². The molecule has 0 radical (unpaired) electrons. The highest BCUT2D eigenvalue weighted by molar-refractivity contribution is 5.89. The zero-order chi connectivity index (χ0) is 25.6. The van der Waals surface area contributed by atoms with Crippen molar-refractivity contribution in [1.82, 2.24) is 5.32 Å². The third-order valence-corrected chi connectivity index (χ3v) is 6.66. The molecule has 1 aliphatic carbocycles. The third kappa shape index (κ3) is 8.30. The van der Waals surface area contributed by atoms with Crippen molar-refractivity contribution in [2.24, 2.45) is 10.8 Å². The SMILES string of the molecule is CC(=O)Nc1ccc(-c2ccc(OC(COC(=O)NC3CCC(C)(C)CC3)C(C)(C)C)cc2)cc1. The fraction of sp³-hybridized carbons (Fsp3) is 0.517. The topological polar surface area (TPSA) is 76.7 Å². The Hall–Kier alpha value is -3.02. The van der Waals surface area contributed by atoms with Gasteiger partial charge in [-0.3, -0.25) is 4.79 Å². The molecule has 1 atom stereocenters. The molecule has 1 fully saturated rings. The first-order valence-electron chi connectivity index (χ1n) is 12.5. The van der Waals surface area contributed by atoms with E-state index in [1.165, 1.54) is 6.92 Å². The van der Waals surface area contributed by atoms with E-state index in [-0.39, 0.29) is 36.2 Å². The molecular weight excluding hydrogens is 440 g/mol. The van der Waals surface area contributed by atoms with Crippen LogP contribution in [0.15, 0.2) is 48.5 Å². The van der Waals surface area contributed by atoms with Crippen molar-refractivity contribution >= 4 is 17.7 Å². The van der Waals surface area contributed by atoms with Crippen molar-refractivity contribution in [3.05, 3.63) is 48.5 Å². The van der Waals surface area contributed by atoms with Crippen LogP contribution in [0.25, 0.3) is 11.1 Å². The quantitative estimate of drug-likeness (QED) is 0.457. The van der Waals surface area contributed by atoms with Crippen molar-refractivity contribution in [1.29, 1.82) is 0 Å². The summed E-state index contributed by atoms with van der Waals surface area (Å²) in [5, 5.41) is 5.80. The number of nitrogens with one attached hydrogen (secondary N) is 2. The summed E-state index contributed by atoms with van der Waals surface area (Å²) in [4.78, 5) is 23.6. The lowest BCUT2D eigenvalue weighted by Crippen LogP contribution is -2.42. The van der Waals surface area contributed by atoms with Crippen molar-refractivity contribution in [2.75, 3.05) is 11.9 Å². The Bertz CT molecular complexity index is 981. The van der Waals surface area contributed by atoms with E-state index < -0.39 is 0 Å². The molecule has 2 N–H and O–H groups in total. The van der Waals surface area contributed by atoms with Gasteiger partial charge in [-0.05, 0) is 66.5 Å². The molecule has 1 aliphatic rings. The second-order valence-electron chi connectivity index (χ2n) is 11.4. The summed E-state index contributed by atoms with van der Waals surface area (Å²) in [5.74, 6) is 0.634. The summed E-state index contributed by atoms with van der Waals surface area (Å²) < 4.78 is 11.8. The Balaban J connectivity index is 1.55. The average molecular weight is 481 g/mol. The Morgan fingerprint density at radius 3 is 2.03 bits per heavy atom. The van der Waals surface area contributed by atoms with E-state index >= 15 is 0 Å². The predicted molar refractivity (Wildman–Crippen MR) is 141 cm³/mol. The van der Waals surface area contributed by atoms with E-state index in [0.717, 1.165) is 48.2 Å². The molecule has 1 unspecified atom stereocenters. The van der Waals surface area contributed by atoms with Crippen molar-refractivity contribution in [3.63, 3.8) is 0 Å². The maximum atomic E-state index is 12.4. The molecule has 0 bridgehead atoms. The van der Waals surface area contributed by atoms with Crippen LogP contribution < -0.4 is 15.4 Å². The van der Waals surface area contributed by atoms with Gasteiger partial charge in [0.2, 0.25) is 5.91 Å². The average Bonchev–Trinajstić information content (AvgIpc) is 2.78. The number of alkyl carbamates (subject to hydrolysis) is 1. The molecule has 0 saturated heterocycles. The Morgan fingerprint density at radius 1 is 0.971 bits per heavy atom. The number of ether oxygens (including phenoxy) is 2. The Kier molecular flexibility index (Phi) is 8.47. The number of amides is 2. The second-order valence-corrected chi connectivity index (χ2v) is 11.4.